The molecule has 2 aromatic rings. The molecule has 1 aliphatic heterocycles. The topological polar surface area (TPSA) is 71.0 Å². The molecule has 1 aliphatic rings. The maximum absolute atomic E-state index is 12.7. The summed E-state index contributed by atoms with van der Waals surface area (Å²) in [6, 6.07) is 4.07. The number of carbonyl (C=O) groups excluding carboxylic acids is 1. The molecule has 6 nitrogen and oxygen atoms in total. The summed E-state index contributed by atoms with van der Waals surface area (Å²) in [4.78, 5) is 25.2. The van der Waals surface area contributed by atoms with Crippen LogP contribution in [0, 0.1) is 0 Å². The van der Waals surface area contributed by atoms with Gasteiger partial charge in [0, 0.05) is 43.3 Å². The number of halogens is 3. The molecule has 0 aliphatic carbocycles. The van der Waals surface area contributed by atoms with E-state index in [1.54, 1.807) is 29.4 Å². The molecule has 1 amide bonds. The van der Waals surface area contributed by atoms with Crippen LogP contribution in [-0.2, 0) is 6.18 Å². The Kier molecular flexibility index (Phi) is 4.82. The molecule has 0 bridgehead atoms. The Hall–Kier alpha value is -2.71. The number of carbonyl (C=O) groups is 1. The van der Waals surface area contributed by atoms with Gasteiger partial charge in [-0.1, -0.05) is 0 Å². The van der Waals surface area contributed by atoms with E-state index in [0.29, 0.717) is 31.5 Å². The SMILES string of the molecule is O=C(NC1CCN(c2nccc(C(F)(F)F)n2)CC1)c1ccncc1. The van der Waals surface area contributed by atoms with Crippen molar-refractivity contribution in [1.29, 1.82) is 0 Å². The van der Waals surface area contributed by atoms with E-state index < -0.39 is 11.9 Å². The van der Waals surface area contributed by atoms with Crippen molar-refractivity contribution in [3.63, 3.8) is 0 Å². The number of piperidine rings is 1. The summed E-state index contributed by atoms with van der Waals surface area (Å²) in [5, 5.41) is 2.93. The zero-order chi connectivity index (χ0) is 17.9. The number of pyridine rings is 1. The quantitative estimate of drug-likeness (QED) is 0.919. The third-order valence-electron chi connectivity index (χ3n) is 3.99. The molecule has 0 saturated carbocycles. The Bertz CT molecular complexity index is 730. The lowest BCUT2D eigenvalue weighted by Gasteiger charge is -2.32. The minimum atomic E-state index is -4.49. The highest BCUT2D eigenvalue weighted by molar-refractivity contribution is 5.94. The third-order valence-corrected chi connectivity index (χ3v) is 3.99. The van der Waals surface area contributed by atoms with Crippen LogP contribution in [0.2, 0.25) is 0 Å². The van der Waals surface area contributed by atoms with Crippen molar-refractivity contribution in [2.45, 2.75) is 25.1 Å². The number of hydrogen-bond acceptors (Lipinski definition) is 5. The molecule has 1 fully saturated rings. The summed E-state index contributed by atoms with van der Waals surface area (Å²) in [5.74, 6) is -0.120. The van der Waals surface area contributed by atoms with Crippen molar-refractivity contribution < 1.29 is 18.0 Å². The van der Waals surface area contributed by atoms with Crippen molar-refractivity contribution >= 4 is 11.9 Å². The van der Waals surface area contributed by atoms with Crippen LogP contribution in [0.3, 0.4) is 0 Å². The molecule has 132 valence electrons. The van der Waals surface area contributed by atoms with Crippen molar-refractivity contribution in [3.8, 4) is 0 Å². The zero-order valence-electron chi connectivity index (χ0n) is 13.2. The molecule has 25 heavy (non-hydrogen) atoms. The Morgan fingerprint density at radius 1 is 1.12 bits per heavy atom. The fraction of sp³-hybridized carbons (Fsp3) is 0.375. The van der Waals surface area contributed by atoms with E-state index in [0.717, 1.165) is 12.3 Å². The van der Waals surface area contributed by atoms with Gasteiger partial charge in [-0.15, -0.1) is 0 Å². The van der Waals surface area contributed by atoms with E-state index in [-0.39, 0.29) is 17.9 Å². The maximum Gasteiger partial charge on any atom is 0.433 e. The molecule has 1 N–H and O–H groups in total. The summed E-state index contributed by atoms with van der Waals surface area (Å²) in [7, 11) is 0. The minimum absolute atomic E-state index is 0.0392. The van der Waals surface area contributed by atoms with E-state index in [4.69, 9.17) is 0 Å². The van der Waals surface area contributed by atoms with Crippen LogP contribution in [0.5, 0.6) is 0 Å². The van der Waals surface area contributed by atoms with Gasteiger partial charge in [-0.3, -0.25) is 9.78 Å². The largest absolute Gasteiger partial charge is 0.433 e. The zero-order valence-corrected chi connectivity index (χ0v) is 13.2. The standard InChI is InChI=1S/C16H16F3N5O/c17-16(18,19)13-3-8-21-15(23-13)24-9-4-12(5-10-24)22-14(25)11-1-6-20-7-2-11/h1-3,6-8,12H,4-5,9-10H2,(H,22,25). The smallest absolute Gasteiger partial charge is 0.349 e. The van der Waals surface area contributed by atoms with E-state index in [1.165, 1.54) is 0 Å². The molecule has 3 rings (SSSR count). The lowest BCUT2D eigenvalue weighted by Crippen LogP contribution is -2.45. The summed E-state index contributed by atoms with van der Waals surface area (Å²) < 4.78 is 38.2. The first-order valence-corrected chi connectivity index (χ1v) is 7.79. The van der Waals surface area contributed by atoms with Crippen LogP contribution in [0.25, 0.3) is 0 Å². The Balaban J connectivity index is 1.58. The number of hydrogen-bond donors (Lipinski definition) is 1. The molecule has 0 spiro atoms. The normalized spacial score (nSPS) is 15.9. The number of amides is 1. The fourth-order valence-corrected chi connectivity index (χ4v) is 2.65. The minimum Gasteiger partial charge on any atom is -0.349 e. The van der Waals surface area contributed by atoms with Gasteiger partial charge < -0.3 is 10.2 Å². The van der Waals surface area contributed by atoms with Crippen molar-refractivity contribution in [1.82, 2.24) is 20.3 Å². The molecule has 3 heterocycles. The molecule has 0 radical (unpaired) electrons. The second kappa shape index (κ2) is 7.04. The van der Waals surface area contributed by atoms with Gasteiger partial charge in [-0.2, -0.15) is 13.2 Å². The van der Waals surface area contributed by atoms with Gasteiger partial charge in [0.25, 0.3) is 5.91 Å². The summed E-state index contributed by atoms with van der Waals surface area (Å²) in [6.45, 7) is 0.950. The number of nitrogens with zero attached hydrogens (tertiary/aromatic N) is 4. The van der Waals surface area contributed by atoms with Crippen LogP contribution in [0.4, 0.5) is 19.1 Å². The molecule has 0 unspecified atom stereocenters. The molecule has 0 aromatic carbocycles. The van der Waals surface area contributed by atoms with Crippen LogP contribution >= 0.6 is 0 Å². The molecule has 0 atom stereocenters. The fourth-order valence-electron chi connectivity index (χ4n) is 2.65. The number of anilines is 1. The Labute approximate surface area is 142 Å². The van der Waals surface area contributed by atoms with Gasteiger partial charge >= 0.3 is 6.18 Å². The number of alkyl halides is 3. The predicted octanol–water partition coefficient (Wildman–Crippen LogP) is 2.29. The predicted molar refractivity (Wildman–Crippen MR) is 84.0 cm³/mol. The highest BCUT2D eigenvalue weighted by Crippen LogP contribution is 2.28. The van der Waals surface area contributed by atoms with Crippen molar-refractivity contribution in [3.05, 3.63) is 48.0 Å². The summed E-state index contributed by atoms with van der Waals surface area (Å²) >= 11 is 0. The number of rotatable bonds is 3. The highest BCUT2D eigenvalue weighted by atomic mass is 19.4. The van der Waals surface area contributed by atoms with Crippen LogP contribution in [0.15, 0.2) is 36.8 Å². The van der Waals surface area contributed by atoms with Gasteiger partial charge in [0.05, 0.1) is 0 Å². The van der Waals surface area contributed by atoms with E-state index >= 15 is 0 Å². The van der Waals surface area contributed by atoms with Crippen LogP contribution in [-0.4, -0.2) is 40.0 Å². The number of nitrogens with one attached hydrogen (secondary N) is 1. The lowest BCUT2D eigenvalue weighted by molar-refractivity contribution is -0.141. The van der Waals surface area contributed by atoms with Gasteiger partial charge in [-0.25, -0.2) is 9.97 Å². The van der Waals surface area contributed by atoms with Gasteiger partial charge in [0.2, 0.25) is 5.95 Å². The second-order valence-corrected chi connectivity index (χ2v) is 5.71. The first-order valence-electron chi connectivity index (χ1n) is 7.79. The summed E-state index contributed by atoms with van der Waals surface area (Å²) in [5.41, 5.74) is -0.427. The Morgan fingerprint density at radius 3 is 2.44 bits per heavy atom. The number of aromatic nitrogens is 3. The highest BCUT2D eigenvalue weighted by Gasteiger charge is 2.33. The van der Waals surface area contributed by atoms with Gasteiger partial charge in [0.15, 0.2) is 0 Å². The first-order chi connectivity index (χ1) is 11.9. The third kappa shape index (κ3) is 4.23. The average molecular weight is 351 g/mol. The van der Waals surface area contributed by atoms with E-state index in [9.17, 15) is 18.0 Å². The molecular formula is C16H16F3N5O. The summed E-state index contributed by atoms with van der Waals surface area (Å²) in [6.07, 6.45) is 0.925. The van der Waals surface area contributed by atoms with Gasteiger partial charge in [-0.05, 0) is 31.0 Å². The average Bonchev–Trinajstić information content (AvgIpc) is 2.62. The van der Waals surface area contributed by atoms with E-state index in [1.807, 2.05) is 0 Å². The van der Waals surface area contributed by atoms with E-state index in [2.05, 4.69) is 20.3 Å². The lowest BCUT2D eigenvalue weighted by atomic mass is 10.0. The maximum atomic E-state index is 12.7. The van der Waals surface area contributed by atoms with Crippen molar-refractivity contribution in [2.24, 2.45) is 0 Å². The van der Waals surface area contributed by atoms with Crippen LogP contribution < -0.4 is 10.2 Å². The second-order valence-electron chi connectivity index (χ2n) is 5.71. The first kappa shape index (κ1) is 17.1. The molecule has 1 saturated heterocycles. The van der Waals surface area contributed by atoms with Crippen molar-refractivity contribution in [2.75, 3.05) is 18.0 Å². The molecule has 2 aromatic heterocycles. The van der Waals surface area contributed by atoms with Crippen LogP contribution in [0.1, 0.15) is 28.9 Å². The monoisotopic (exact) mass is 351 g/mol. The molecular weight excluding hydrogens is 335 g/mol. The molecule has 9 heteroatoms. The Morgan fingerprint density at radius 2 is 1.80 bits per heavy atom. The van der Waals surface area contributed by atoms with Gasteiger partial charge in [0.1, 0.15) is 5.69 Å².